The Kier molecular flexibility index (Phi) is 3.09. The largest absolute Gasteiger partial charge is 0.478 e. The van der Waals surface area contributed by atoms with Gasteiger partial charge in [0.1, 0.15) is 0 Å². The highest BCUT2D eigenvalue weighted by molar-refractivity contribution is 6.10. The van der Waals surface area contributed by atoms with Crippen LogP contribution >= 0.6 is 0 Å². The van der Waals surface area contributed by atoms with Gasteiger partial charge in [-0.05, 0) is 12.1 Å². The SMILES string of the molecule is Cn1cc(NC(=O)c2ccccc2C(=O)O)cn1. The lowest BCUT2D eigenvalue weighted by molar-refractivity contribution is 0.0692. The van der Waals surface area contributed by atoms with E-state index in [-0.39, 0.29) is 11.1 Å². The fourth-order valence-corrected chi connectivity index (χ4v) is 1.55. The van der Waals surface area contributed by atoms with Crippen LogP contribution in [0.5, 0.6) is 0 Å². The van der Waals surface area contributed by atoms with Crippen molar-refractivity contribution in [2.75, 3.05) is 5.32 Å². The predicted octanol–water partition coefficient (Wildman–Crippen LogP) is 1.37. The Bertz CT molecular complexity index is 604. The highest BCUT2D eigenvalue weighted by Crippen LogP contribution is 2.12. The number of aromatic nitrogens is 2. The van der Waals surface area contributed by atoms with Gasteiger partial charge in [0.2, 0.25) is 0 Å². The van der Waals surface area contributed by atoms with Gasteiger partial charge in [-0.15, -0.1) is 0 Å². The highest BCUT2D eigenvalue weighted by Gasteiger charge is 2.15. The van der Waals surface area contributed by atoms with E-state index in [4.69, 9.17) is 5.11 Å². The first kappa shape index (κ1) is 11.8. The first-order valence-electron chi connectivity index (χ1n) is 5.20. The number of carbonyl (C=O) groups is 2. The molecule has 1 aromatic carbocycles. The molecule has 0 fully saturated rings. The van der Waals surface area contributed by atoms with Crippen LogP contribution in [0.1, 0.15) is 20.7 Å². The van der Waals surface area contributed by atoms with E-state index in [0.29, 0.717) is 5.69 Å². The van der Waals surface area contributed by atoms with E-state index < -0.39 is 11.9 Å². The fourth-order valence-electron chi connectivity index (χ4n) is 1.55. The molecule has 0 aliphatic carbocycles. The quantitative estimate of drug-likeness (QED) is 0.855. The molecule has 0 radical (unpaired) electrons. The summed E-state index contributed by atoms with van der Waals surface area (Å²) in [5, 5.41) is 15.5. The van der Waals surface area contributed by atoms with Crippen LogP contribution in [-0.4, -0.2) is 26.8 Å². The van der Waals surface area contributed by atoms with Gasteiger partial charge in [0, 0.05) is 13.2 Å². The number of nitrogens with one attached hydrogen (secondary N) is 1. The molecule has 1 heterocycles. The summed E-state index contributed by atoms with van der Waals surface area (Å²) in [6.45, 7) is 0. The Labute approximate surface area is 103 Å². The molecule has 0 saturated carbocycles. The Hall–Kier alpha value is -2.63. The molecule has 0 unspecified atom stereocenters. The number of amides is 1. The Balaban J connectivity index is 2.26. The molecule has 1 amide bonds. The van der Waals surface area contributed by atoms with Gasteiger partial charge >= 0.3 is 5.97 Å². The minimum atomic E-state index is -1.13. The van der Waals surface area contributed by atoms with E-state index in [1.165, 1.54) is 18.3 Å². The molecular weight excluding hydrogens is 234 g/mol. The van der Waals surface area contributed by atoms with Gasteiger partial charge in [-0.1, -0.05) is 12.1 Å². The van der Waals surface area contributed by atoms with Crippen LogP contribution < -0.4 is 5.32 Å². The Morgan fingerprint density at radius 2 is 1.94 bits per heavy atom. The molecule has 0 spiro atoms. The number of carboxylic acids is 1. The van der Waals surface area contributed by atoms with Crippen molar-refractivity contribution in [3.63, 3.8) is 0 Å². The van der Waals surface area contributed by atoms with Crippen LogP contribution in [0.4, 0.5) is 5.69 Å². The lowest BCUT2D eigenvalue weighted by atomic mass is 10.1. The van der Waals surface area contributed by atoms with E-state index in [2.05, 4.69) is 10.4 Å². The molecule has 2 rings (SSSR count). The van der Waals surface area contributed by atoms with Crippen molar-refractivity contribution >= 4 is 17.6 Å². The Morgan fingerprint density at radius 1 is 1.28 bits per heavy atom. The van der Waals surface area contributed by atoms with Gasteiger partial charge in [-0.25, -0.2) is 4.79 Å². The lowest BCUT2D eigenvalue weighted by Crippen LogP contribution is -2.16. The van der Waals surface area contributed by atoms with Gasteiger partial charge < -0.3 is 10.4 Å². The maximum Gasteiger partial charge on any atom is 0.336 e. The monoisotopic (exact) mass is 245 g/mol. The summed E-state index contributed by atoms with van der Waals surface area (Å²) in [5.41, 5.74) is 0.607. The molecule has 2 N–H and O–H groups in total. The van der Waals surface area contributed by atoms with Gasteiger partial charge in [-0.3, -0.25) is 9.48 Å². The summed E-state index contributed by atoms with van der Waals surface area (Å²) in [7, 11) is 1.72. The van der Waals surface area contributed by atoms with Crippen molar-refractivity contribution in [3.05, 3.63) is 47.8 Å². The number of hydrogen-bond donors (Lipinski definition) is 2. The summed E-state index contributed by atoms with van der Waals surface area (Å²) in [4.78, 5) is 22.9. The predicted molar refractivity (Wildman–Crippen MR) is 64.6 cm³/mol. The van der Waals surface area contributed by atoms with Crippen LogP contribution in [-0.2, 0) is 7.05 Å². The summed E-state index contributed by atoms with van der Waals surface area (Å²) in [6, 6.07) is 6.05. The number of anilines is 1. The second kappa shape index (κ2) is 4.70. The first-order valence-corrected chi connectivity index (χ1v) is 5.20. The normalized spacial score (nSPS) is 10.1. The van der Waals surface area contributed by atoms with Crippen LogP contribution in [0.25, 0.3) is 0 Å². The molecule has 0 atom stereocenters. The average Bonchev–Trinajstić information content (AvgIpc) is 2.74. The van der Waals surface area contributed by atoms with Crippen LogP contribution in [0.2, 0.25) is 0 Å². The second-order valence-corrected chi connectivity index (χ2v) is 3.71. The molecule has 1 aromatic heterocycles. The third-order valence-electron chi connectivity index (χ3n) is 2.36. The van der Waals surface area contributed by atoms with Crippen molar-refractivity contribution < 1.29 is 14.7 Å². The summed E-state index contributed by atoms with van der Waals surface area (Å²) in [6.07, 6.45) is 3.11. The highest BCUT2D eigenvalue weighted by atomic mass is 16.4. The topological polar surface area (TPSA) is 84.2 Å². The fraction of sp³-hybridized carbons (Fsp3) is 0.0833. The van der Waals surface area contributed by atoms with E-state index in [1.54, 1.807) is 30.1 Å². The van der Waals surface area contributed by atoms with Crippen LogP contribution in [0, 0.1) is 0 Å². The Morgan fingerprint density at radius 3 is 2.50 bits per heavy atom. The van der Waals surface area contributed by atoms with E-state index >= 15 is 0 Å². The van der Waals surface area contributed by atoms with Crippen molar-refractivity contribution in [2.45, 2.75) is 0 Å². The number of carbonyl (C=O) groups excluding carboxylic acids is 1. The minimum absolute atomic E-state index is 0.0288. The lowest BCUT2D eigenvalue weighted by Gasteiger charge is -2.05. The van der Waals surface area contributed by atoms with Crippen molar-refractivity contribution in [2.24, 2.45) is 7.05 Å². The number of benzene rings is 1. The zero-order chi connectivity index (χ0) is 13.1. The second-order valence-electron chi connectivity index (χ2n) is 3.71. The maximum atomic E-state index is 11.9. The van der Waals surface area contributed by atoms with Crippen molar-refractivity contribution in [1.82, 2.24) is 9.78 Å². The standard InChI is InChI=1S/C12H11N3O3/c1-15-7-8(6-13-15)14-11(16)9-4-2-3-5-10(9)12(17)18/h2-7H,1H3,(H,14,16)(H,17,18). The third kappa shape index (κ3) is 2.37. The zero-order valence-electron chi connectivity index (χ0n) is 9.62. The van der Waals surface area contributed by atoms with Crippen LogP contribution in [0.3, 0.4) is 0 Å². The van der Waals surface area contributed by atoms with E-state index in [9.17, 15) is 9.59 Å². The number of hydrogen-bond acceptors (Lipinski definition) is 3. The van der Waals surface area contributed by atoms with Gasteiger partial charge in [0.15, 0.2) is 0 Å². The number of carboxylic acid groups (broad SMARTS) is 1. The summed E-state index contributed by atoms with van der Waals surface area (Å²) < 4.78 is 1.54. The molecular formula is C12H11N3O3. The first-order chi connectivity index (χ1) is 8.58. The number of rotatable bonds is 3. The third-order valence-corrected chi connectivity index (χ3v) is 2.36. The van der Waals surface area contributed by atoms with Crippen LogP contribution in [0.15, 0.2) is 36.7 Å². The molecule has 0 aliphatic heterocycles. The van der Waals surface area contributed by atoms with Crippen molar-refractivity contribution in [1.29, 1.82) is 0 Å². The maximum absolute atomic E-state index is 11.9. The molecule has 6 heteroatoms. The average molecular weight is 245 g/mol. The molecule has 0 aliphatic rings. The smallest absolute Gasteiger partial charge is 0.336 e. The van der Waals surface area contributed by atoms with E-state index in [0.717, 1.165) is 0 Å². The minimum Gasteiger partial charge on any atom is -0.478 e. The summed E-state index contributed by atoms with van der Waals surface area (Å²) in [5.74, 6) is -1.60. The molecule has 2 aromatic rings. The zero-order valence-corrected chi connectivity index (χ0v) is 9.62. The number of aromatic carboxylic acids is 1. The van der Waals surface area contributed by atoms with Crippen molar-refractivity contribution in [3.8, 4) is 0 Å². The van der Waals surface area contributed by atoms with E-state index in [1.807, 2.05) is 0 Å². The number of aryl methyl sites for hydroxylation is 1. The van der Waals surface area contributed by atoms with Gasteiger partial charge in [-0.2, -0.15) is 5.10 Å². The molecule has 0 bridgehead atoms. The summed E-state index contributed by atoms with van der Waals surface area (Å²) >= 11 is 0. The van der Waals surface area contributed by atoms with Gasteiger partial charge in [0.25, 0.3) is 5.91 Å². The van der Waals surface area contributed by atoms with Gasteiger partial charge in [0.05, 0.1) is 23.0 Å². The molecule has 18 heavy (non-hydrogen) atoms. The molecule has 0 saturated heterocycles. The molecule has 6 nitrogen and oxygen atoms in total. The molecule has 92 valence electrons. The number of nitrogens with zero attached hydrogens (tertiary/aromatic N) is 2.